The van der Waals surface area contributed by atoms with E-state index in [4.69, 9.17) is 0 Å². The van der Waals surface area contributed by atoms with Crippen LogP contribution in [0.4, 0.5) is 0 Å². The van der Waals surface area contributed by atoms with Crippen LogP contribution in [0.1, 0.15) is 13.8 Å². The molecule has 0 unspecified atom stereocenters. The lowest BCUT2D eigenvalue weighted by Crippen LogP contribution is -2.24. The molecule has 0 aliphatic carbocycles. The van der Waals surface area contributed by atoms with Crippen molar-refractivity contribution in [1.82, 2.24) is 5.01 Å². The maximum absolute atomic E-state index is 4.00. The van der Waals surface area contributed by atoms with Gasteiger partial charge in [-0.2, -0.15) is 5.11 Å². The van der Waals surface area contributed by atoms with Gasteiger partial charge in [-0.1, -0.05) is 5.22 Å². The predicted octanol–water partition coefficient (Wildman–Crippen LogP) is 1.08. The molecule has 1 aliphatic heterocycles. The lowest BCUT2D eigenvalue weighted by atomic mass is 10.1. The average molecular weight is 113 g/mol. The van der Waals surface area contributed by atoms with Crippen LogP contribution >= 0.6 is 0 Å². The van der Waals surface area contributed by atoms with Crippen molar-refractivity contribution in [1.29, 1.82) is 0 Å². The Morgan fingerprint density at radius 3 is 2.25 bits per heavy atom. The van der Waals surface area contributed by atoms with Crippen molar-refractivity contribution in [3.63, 3.8) is 0 Å². The fraction of sp³-hybridized carbons (Fsp3) is 1.00. The van der Waals surface area contributed by atoms with Crippen LogP contribution in [0.2, 0.25) is 0 Å². The summed E-state index contributed by atoms with van der Waals surface area (Å²) in [5.74, 6) is 0. The quantitative estimate of drug-likeness (QED) is 0.462. The molecular formula is C5H11N3. The highest BCUT2D eigenvalue weighted by molar-refractivity contribution is 4.81. The van der Waals surface area contributed by atoms with E-state index in [1.54, 1.807) is 0 Å². The molecule has 0 fully saturated rings. The second-order valence-electron chi connectivity index (χ2n) is 2.82. The third kappa shape index (κ3) is 0.967. The van der Waals surface area contributed by atoms with Gasteiger partial charge in [0.15, 0.2) is 0 Å². The summed E-state index contributed by atoms with van der Waals surface area (Å²) in [5, 5.41) is 9.69. The van der Waals surface area contributed by atoms with Crippen LogP contribution in [0.25, 0.3) is 0 Å². The first kappa shape index (κ1) is 5.54. The summed E-state index contributed by atoms with van der Waals surface area (Å²) >= 11 is 0. The van der Waals surface area contributed by atoms with Crippen LogP contribution in [-0.4, -0.2) is 24.1 Å². The SMILES string of the molecule is CN1CC(C)(C)N=N1. The lowest BCUT2D eigenvalue weighted by Gasteiger charge is -2.11. The van der Waals surface area contributed by atoms with Gasteiger partial charge in [0.2, 0.25) is 0 Å². The minimum absolute atomic E-state index is 0.0503. The largest absolute Gasteiger partial charge is 0.279 e. The van der Waals surface area contributed by atoms with E-state index in [-0.39, 0.29) is 5.54 Å². The summed E-state index contributed by atoms with van der Waals surface area (Å²) in [6.07, 6.45) is 0. The Balaban J connectivity index is 2.58. The van der Waals surface area contributed by atoms with Crippen LogP contribution in [0.15, 0.2) is 10.3 Å². The standard InChI is InChI=1S/C5H11N3/c1-5(2)4-8(3)7-6-5/h4H2,1-3H3. The fourth-order valence-electron chi connectivity index (χ4n) is 0.821. The van der Waals surface area contributed by atoms with Gasteiger partial charge in [0.25, 0.3) is 0 Å². The van der Waals surface area contributed by atoms with Gasteiger partial charge in [-0.15, -0.1) is 0 Å². The third-order valence-corrected chi connectivity index (χ3v) is 1.08. The van der Waals surface area contributed by atoms with Gasteiger partial charge in [0.05, 0.1) is 12.1 Å². The number of hydrogen-bond donors (Lipinski definition) is 0. The first-order valence-corrected chi connectivity index (χ1v) is 2.74. The van der Waals surface area contributed by atoms with Gasteiger partial charge in [-0.3, -0.25) is 5.01 Å². The number of nitrogens with zero attached hydrogens (tertiary/aromatic N) is 3. The van der Waals surface area contributed by atoms with Crippen LogP contribution in [0.5, 0.6) is 0 Å². The molecular weight excluding hydrogens is 102 g/mol. The molecule has 0 N–H and O–H groups in total. The van der Waals surface area contributed by atoms with Gasteiger partial charge in [0, 0.05) is 7.05 Å². The van der Waals surface area contributed by atoms with Crippen molar-refractivity contribution in [2.75, 3.05) is 13.6 Å². The van der Waals surface area contributed by atoms with Crippen LogP contribution < -0.4 is 0 Å². The monoisotopic (exact) mass is 113 g/mol. The van der Waals surface area contributed by atoms with Crippen LogP contribution in [0, 0.1) is 0 Å². The van der Waals surface area contributed by atoms with E-state index < -0.39 is 0 Å². The topological polar surface area (TPSA) is 28.0 Å². The van der Waals surface area contributed by atoms with E-state index in [1.807, 2.05) is 12.1 Å². The summed E-state index contributed by atoms with van der Waals surface area (Å²) in [6, 6.07) is 0. The molecule has 0 amide bonds. The molecule has 0 radical (unpaired) electrons. The molecule has 1 aliphatic rings. The van der Waals surface area contributed by atoms with Gasteiger partial charge >= 0.3 is 0 Å². The molecule has 0 aromatic rings. The summed E-state index contributed by atoms with van der Waals surface area (Å²) in [5.41, 5.74) is 0.0503. The molecule has 46 valence electrons. The summed E-state index contributed by atoms with van der Waals surface area (Å²) < 4.78 is 0. The van der Waals surface area contributed by atoms with Crippen molar-refractivity contribution in [3.8, 4) is 0 Å². The molecule has 1 heterocycles. The fourth-order valence-corrected chi connectivity index (χ4v) is 0.821. The van der Waals surface area contributed by atoms with E-state index in [9.17, 15) is 0 Å². The first-order valence-electron chi connectivity index (χ1n) is 2.74. The van der Waals surface area contributed by atoms with Gasteiger partial charge in [-0.05, 0) is 13.8 Å². The Kier molecular flexibility index (Phi) is 0.994. The van der Waals surface area contributed by atoms with E-state index in [2.05, 4.69) is 24.2 Å². The molecule has 0 aromatic carbocycles. The smallest absolute Gasteiger partial charge is 0.0972 e. The molecule has 3 heteroatoms. The van der Waals surface area contributed by atoms with Gasteiger partial charge < -0.3 is 0 Å². The Morgan fingerprint density at radius 1 is 1.50 bits per heavy atom. The number of likely N-dealkylation sites (N-methyl/N-ethyl adjacent to an activating group) is 1. The predicted molar refractivity (Wildman–Crippen MR) is 31.6 cm³/mol. The summed E-state index contributed by atoms with van der Waals surface area (Å²) in [7, 11) is 1.93. The maximum atomic E-state index is 4.00. The Bertz CT molecular complexity index is 117. The van der Waals surface area contributed by atoms with Crippen molar-refractivity contribution >= 4 is 0 Å². The van der Waals surface area contributed by atoms with Gasteiger partial charge in [0.1, 0.15) is 0 Å². The minimum atomic E-state index is 0.0503. The normalized spacial score (nSPS) is 24.6. The second kappa shape index (κ2) is 1.44. The Hall–Kier alpha value is -0.600. The number of rotatable bonds is 0. The Morgan fingerprint density at radius 2 is 2.12 bits per heavy atom. The highest BCUT2D eigenvalue weighted by Gasteiger charge is 2.23. The lowest BCUT2D eigenvalue weighted by molar-refractivity contribution is 0.353. The second-order valence-corrected chi connectivity index (χ2v) is 2.82. The molecule has 0 atom stereocenters. The van der Waals surface area contributed by atoms with Crippen molar-refractivity contribution < 1.29 is 0 Å². The maximum Gasteiger partial charge on any atom is 0.0972 e. The minimum Gasteiger partial charge on any atom is -0.279 e. The zero-order chi connectivity index (χ0) is 6.20. The molecule has 0 saturated carbocycles. The molecule has 0 saturated heterocycles. The van der Waals surface area contributed by atoms with E-state index >= 15 is 0 Å². The van der Waals surface area contributed by atoms with Crippen LogP contribution in [-0.2, 0) is 0 Å². The van der Waals surface area contributed by atoms with Crippen molar-refractivity contribution in [3.05, 3.63) is 0 Å². The van der Waals surface area contributed by atoms with Crippen molar-refractivity contribution in [2.45, 2.75) is 19.4 Å². The highest BCUT2D eigenvalue weighted by Crippen LogP contribution is 2.17. The van der Waals surface area contributed by atoms with Crippen LogP contribution in [0.3, 0.4) is 0 Å². The Labute approximate surface area is 49.4 Å². The molecule has 0 spiro atoms. The van der Waals surface area contributed by atoms with E-state index in [0.717, 1.165) is 6.54 Å². The molecule has 1 rings (SSSR count). The van der Waals surface area contributed by atoms with Gasteiger partial charge in [-0.25, -0.2) is 0 Å². The molecule has 0 aromatic heterocycles. The zero-order valence-electron chi connectivity index (χ0n) is 5.55. The van der Waals surface area contributed by atoms with E-state index in [0.29, 0.717) is 0 Å². The molecule has 8 heavy (non-hydrogen) atoms. The highest BCUT2D eigenvalue weighted by atomic mass is 15.6. The van der Waals surface area contributed by atoms with Crippen molar-refractivity contribution in [2.24, 2.45) is 10.3 Å². The average Bonchev–Trinajstić information content (AvgIpc) is 1.82. The summed E-state index contributed by atoms with van der Waals surface area (Å²) in [6.45, 7) is 5.08. The molecule has 3 nitrogen and oxygen atoms in total. The summed E-state index contributed by atoms with van der Waals surface area (Å²) in [4.78, 5) is 0. The zero-order valence-corrected chi connectivity index (χ0v) is 5.55. The third-order valence-electron chi connectivity index (χ3n) is 1.08. The number of hydrogen-bond acceptors (Lipinski definition) is 3. The first-order chi connectivity index (χ1) is 3.60. The molecule has 0 bridgehead atoms. The van der Waals surface area contributed by atoms with E-state index in [1.165, 1.54) is 0 Å².